The van der Waals surface area contributed by atoms with Gasteiger partial charge in [-0.3, -0.25) is 0 Å². The van der Waals surface area contributed by atoms with E-state index in [0.717, 1.165) is 12.4 Å². The summed E-state index contributed by atoms with van der Waals surface area (Å²) >= 11 is 0. The maximum Gasteiger partial charge on any atom is 0.119 e. The van der Waals surface area contributed by atoms with Gasteiger partial charge in [-0.1, -0.05) is 37.8 Å². The van der Waals surface area contributed by atoms with Crippen LogP contribution in [0.3, 0.4) is 0 Å². The SMILES string of the molecule is CNC(COC1CCCCCC1)c1cccc(OC)c1. The zero-order chi connectivity index (χ0) is 14.2. The molecule has 0 heterocycles. The molecule has 3 nitrogen and oxygen atoms in total. The van der Waals surface area contributed by atoms with Crippen LogP contribution >= 0.6 is 0 Å². The predicted molar refractivity (Wildman–Crippen MR) is 82.2 cm³/mol. The van der Waals surface area contributed by atoms with E-state index in [1.807, 2.05) is 19.2 Å². The molecule has 0 amide bonds. The lowest BCUT2D eigenvalue weighted by Gasteiger charge is -2.22. The molecule has 112 valence electrons. The van der Waals surface area contributed by atoms with Crippen molar-refractivity contribution < 1.29 is 9.47 Å². The number of methoxy groups -OCH3 is 1. The van der Waals surface area contributed by atoms with Crippen molar-refractivity contribution in [3.63, 3.8) is 0 Å². The van der Waals surface area contributed by atoms with Crippen LogP contribution in [0.25, 0.3) is 0 Å². The first-order chi connectivity index (χ1) is 9.83. The predicted octanol–water partition coefficient (Wildman–Crippen LogP) is 3.70. The lowest BCUT2D eigenvalue weighted by Crippen LogP contribution is -2.25. The Kier molecular flexibility index (Phi) is 6.34. The number of ether oxygens (including phenoxy) is 2. The Labute approximate surface area is 122 Å². The standard InChI is InChI=1S/C17H27NO2/c1-18-17(14-8-7-11-16(12-14)19-2)13-20-15-9-5-3-4-6-10-15/h7-8,11-12,15,17-18H,3-6,9-10,13H2,1-2H3. The molecule has 1 aliphatic rings. The molecular weight excluding hydrogens is 250 g/mol. The number of rotatable bonds is 6. The molecule has 1 unspecified atom stereocenters. The molecule has 1 N–H and O–H groups in total. The van der Waals surface area contributed by atoms with Gasteiger partial charge in [0.05, 0.1) is 25.9 Å². The molecule has 0 saturated heterocycles. The molecule has 1 aliphatic carbocycles. The van der Waals surface area contributed by atoms with Crippen molar-refractivity contribution in [2.75, 3.05) is 20.8 Å². The largest absolute Gasteiger partial charge is 0.497 e. The number of hydrogen-bond acceptors (Lipinski definition) is 3. The average molecular weight is 277 g/mol. The summed E-state index contributed by atoms with van der Waals surface area (Å²) in [6, 6.07) is 8.44. The fourth-order valence-corrected chi connectivity index (χ4v) is 2.85. The van der Waals surface area contributed by atoms with Crippen LogP contribution in [-0.4, -0.2) is 26.9 Å². The summed E-state index contributed by atoms with van der Waals surface area (Å²) in [5.74, 6) is 0.900. The van der Waals surface area contributed by atoms with Crippen molar-refractivity contribution >= 4 is 0 Å². The molecular formula is C17H27NO2. The second-order valence-corrected chi connectivity index (χ2v) is 5.56. The summed E-state index contributed by atoms with van der Waals surface area (Å²) in [6.07, 6.45) is 8.24. The molecule has 1 aromatic carbocycles. The zero-order valence-electron chi connectivity index (χ0n) is 12.7. The van der Waals surface area contributed by atoms with E-state index in [9.17, 15) is 0 Å². The van der Waals surface area contributed by atoms with Crippen LogP contribution in [-0.2, 0) is 4.74 Å². The molecule has 1 atom stereocenters. The van der Waals surface area contributed by atoms with Gasteiger partial charge in [0.1, 0.15) is 5.75 Å². The normalized spacial score (nSPS) is 18.5. The number of nitrogens with one attached hydrogen (secondary N) is 1. The second-order valence-electron chi connectivity index (χ2n) is 5.56. The van der Waals surface area contributed by atoms with Crippen molar-refractivity contribution in [3.05, 3.63) is 29.8 Å². The minimum Gasteiger partial charge on any atom is -0.497 e. The van der Waals surface area contributed by atoms with Gasteiger partial charge in [0, 0.05) is 0 Å². The third-order valence-electron chi connectivity index (χ3n) is 4.15. The number of benzene rings is 1. The molecule has 0 bridgehead atoms. The van der Waals surface area contributed by atoms with E-state index in [4.69, 9.17) is 9.47 Å². The van der Waals surface area contributed by atoms with Crippen molar-refractivity contribution in [2.24, 2.45) is 0 Å². The van der Waals surface area contributed by atoms with E-state index in [1.165, 1.54) is 44.1 Å². The lowest BCUT2D eigenvalue weighted by molar-refractivity contribution is 0.0300. The Bertz CT molecular complexity index is 386. The molecule has 0 aromatic heterocycles. The third kappa shape index (κ3) is 4.50. The van der Waals surface area contributed by atoms with Crippen molar-refractivity contribution in [1.82, 2.24) is 5.32 Å². The Morgan fingerprint density at radius 1 is 1.20 bits per heavy atom. The van der Waals surface area contributed by atoms with Gasteiger partial charge in [0.2, 0.25) is 0 Å². The lowest BCUT2D eigenvalue weighted by atomic mass is 10.1. The van der Waals surface area contributed by atoms with Gasteiger partial charge in [-0.2, -0.15) is 0 Å². The van der Waals surface area contributed by atoms with Gasteiger partial charge in [-0.05, 0) is 37.6 Å². The highest BCUT2D eigenvalue weighted by Gasteiger charge is 2.16. The molecule has 0 spiro atoms. The first kappa shape index (κ1) is 15.3. The molecule has 0 aliphatic heterocycles. The minimum atomic E-state index is 0.230. The fraction of sp³-hybridized carbons (Fsp3) is 0.647. The highest BCUT2D eigenvalue weighted by molar-refractivity contribution is 5.30. The van der Waals surface area contributed by atoms with Crippen molar-refractivity contribution in [3.8, 4) is 5.75 Å². The molecule has 1 saturated carbocycles. The van der Waals surface area contributed by atoms with Gasteiger partial charge in [0.25, 0.3) is 0 Å². The monoisotopic (exact) mass is 277 g/mol. The van der Waals surface area contributed by atoms with E-state index in [0.29, 0.717) is 6.10 Å². The van der Waals surface area contributed by atoms with Gasteiger partial charge >= 0.3 is 0 Å². The molecule has 3 heteroatoms. The van der Waals surface area contributed by atoms with Crippen LogP contribution in [0, 0.1) is 0 Å². The third-order valence-corrected chi connectivity index (χ3v) is 4.15. The summed E-state index contributed by atoms with van der Waals surface area (Å²) < 4.78 is 11.4. The summed E-state index contributed by atoms with van der Waals surface area (Å²) in [7, 11) is 3.69. The average Bonchev–Trinajstić information content (AvgIpc) is 2.77. The van der Waals surface area contributed by atoms with Gasteiger partial charge < -0.3 is 14.8 Å². The molecule has 20 heavy (non-hydrogen) atoms. The van der Waals surface area contributed by atoms with E-state index in [1.54, 1.807) is 7.11 Å². The molecule has 1 aromatic rings. The van der Waals surface area contributed by atoms with Crippen LogP contribution in [0.15, 0.2) is 24.3 Å². The zero-order valence-corrected chi connectivity index (χ0v) is 12.7. The van der Waals surface area contributed by atoms with E-state index < -0.39 is 0 Å². The Morgan fingerprint density at radius 2 is 1.95 bits per heavy atom. The fourth-order valence-electron chi connectivity index (χ4n) is 2.85. The van der Waals surface area contributed by atoms with Gasteiger partial charge in [0.15, 0.2) is 0 Å². The smallest absolute Gasteiger partial charge is 0.119 e. The highest BCUT2D eigenvalue weighted by Crippen LogP contribution is 2.23. The topological polar surface area (TPSA) is 30.5 Å². The quantitative estimate of drug-likeness (QED) is 0.804. The van der Waals surface area contributed by atoms with Crippen LogP contribution in [0.4, 0.5) is 0 Å². The number of hydrogen-bond donors (Lipinski definition) is 1. The highest BCUT2D eigenvalue weighted by atomic mass is 16.5. The van der Waals surface area contributed by atoms with E-state index in [-0.39, 0.29) is 6.04 Å². The van der Waals surface area contributed by atoms with E-state index >= 15 is 0 Å². The summed E-state index contributed by atoms with van der Waals surface area (Å²) in [5.41, 5.74) is 1.22. The molecule has 2 rings (SSSR count). The maximum absolute atomic E-state index is 6.14. The van der Waals surface area contributed by atoms with Crippen LogP contribution in [0.1, 0.15) is 50.1 Å². The Morgan fingerprint density at radius 3 is 2.60 bits per heavy atom. The van der Waals surface area contributed by atoms with E-state index in [2.05, 4.69) is 17.4 Å². The first-order valence-electron chi connectivity index (χ1n) is 7.76. The molecule has 1 fully saturated rings. The number of likely N-dealkylation sites (N-methyl/N-ethyl adjacent to an activating group) is 1. The minimum absolute atomic E-state index is 0.230. The summed E-state index contributed by atoms with van der Waals surface area (Å²) in [4.78, 5) is 0. The Hall–Kier alpha value is -1.06. The molecule has 0 radical (unpaired) electrons. The van der Waals surface area contributed by atoms with Crippen molar-refractivity contribution in [2.45, 2.75) is 50.7 Å². The maximum atomic E-state index is 6.14. The second kappa shape index (κ2) is 8.28. The van der Waals surface area contributed by atoms with Crippen LogP contribution < -0.4 is 10.1 Å². The summed E-state index contributed by atoms with van der Waals surface area (Å²) in [5, 5.41) is 3.34. The van der Waals surface area contributed by atoms with Crippen LogP contribution in [0.2, 0.25) is 0 Å². The van der Waals surface area contributed by atoms with Crippen molar-refractivity contribution in [1.29, 1.82) is 0 Å². The first-order valence-corrected chi connectivity index (χ1v) is 7.76. The summed E-state index contributed by atoms with van der Waals surface area (Å²) in [6.45, 7) is 0.730. The van der Waals surface area contributed by atoms with Gasteiger partial charge in [-0.15, -0.1) is 0 Å². The van der Waals surface area contributed by atoms with Crippen LogP contribution in [0.5, 0.6) is 5.75 Å². The Balaban J connectivity index is 1.90. The van der Waals surface area contributed by atoms with Gasteiger partial charge in [-0.25, -0.2) is 0 Å².